The number of benzene rings is 1. The van der Waals surface area contributed by atoms with Gasteiger partial charge in [0.25, 0.3) is 5.91 Å². The Morgan fingerprint density at radius 3 is 2.73 bits per heavy atom. The summed E-state index contributed by atoms with van der Waals surface area (Å²) >= 11 is 0. The molecule has 0 spiro atoms. The van der Waals surface area contributed by atoms with E-state index in [0.717, 1.165) is 25.2 Å². The van der Waals surface area contributed by atoms with E-state index in [2.05, 4.69) is 10.2 Å². The van der Waals surface area contributed by atoms with E-state index < -0.39 is 5.91 Å². The van der Waals surface area contributed by atoms with Crippen molar-refractivity contribution in [2.75, 3.05) is 52.5 Å². The fourth-order valence-corrected chi connectivity index (χ4v) is 2.70. The van der Waals surface area contributed by atoms with Crippen LogP contribution in [0.2, 0.25) is 0 Å². The van der Waals surface area contributed by atoms with Gasteiger partial charge in [0.1, 0.15) is 11.6 Å². The van der Waals surface area contributed by atoms with Gasteiger partial charge in [-0.15, -0.1) is 0 Å². The predicted octanol–water partition coefficient (Wildman–Crippen LogP) is 0.337. The summed E-state index contributed by atoms with van der Waals surface area (Å²) in [6.45, 7) is 5.18. The zero-order valence-corrected chi connectivity index (χ0v) is 14.9. The topological polar surface area (TPSA) is 88.8 Å². The maximum atomic E-state index is 12.3. The van der Waals surface area contributed by atoms with Crippen molar-refractivity contribution >= 4 is 5.91 Å². The number of nitriles is 1. The van der Waals surface area contributed by atoms with Gasteiger partial charge in [-0.3, -0.25) is 9.69 Å². The summed E-state index contributed by atoms with van der Waals surface area (Å²) < 4.78 is 5.29. The molecule has 140 valence electrons. The quantitative estimate of drug-likeness (QED) is 0.489. The van der Waals surface area contributed by atoms with Crippen molar-refractivity contribution < 1.29 is 14.6 Å². The third-order valence-electron chi connectivity index (χ3n) is 4.11. The van der Waals surface area contributed by atoms with Crippen LogP contribution >= 0.6 is 0 Å². The van der Waals surface area contributed by atoms with Gasteiger partial charge < -0.3 is 20.1 Å². The standard InChI is InChI=1S/C19H26N4O3/c20-14-18(19(25)21-6-7-22-9-12-26-13-10-22)16-23(8-11-24)15-17-4-2-1-3-5-17/h1-5,16,24H,6-13,15H2,(H,21,25)/b18-16-. The molecule has 26 heavy (non-hydrogen) atoms. The number of aliphatic hydroxyl groups is 1. The number of ether oxygens (including phenoxy) is 1. The third kappa shape index (κ3) is 6.84. The summed E-state index contributed by atoms with van der Waals surface area (Å²) in [5.74, 6) is -0.392. The van der Waals surface area contributed by atoms with E-state index in [1.165, 1.54) is 6.20 Å². The SMILES string of the molecule is N#C/C(=C/N(CCO)Cc1ccccc1)C(=O)NCCN1CCOCC1. The lowest BCUT2D eigenvalue weighted by Crippen LogP contribution is -2.41. The molecule has 1 amide bonds. The van der Waals surface area contributed by atoms with Gasteiger partial charge in [-0.1, -0.05) is 30.3 Å². The van der Waals surface area contributed by atoms with Crippen molar-refractivity contribution in [3.63, 3.8) is 0 Å². The van der Waals surface area contributed by atoms with Crippen molar-refractivity contribution in [3.05, 3.63) is 47.7 Å². The number of aliphatic hydroxyl groups excluding tert-OH is 1. The van der Waals surface area contributed by atoms with E-state index >= 15 is 0 Å². The molecule has 1 aliphatic rings. The van der Waals surface area contributed by atoms with Crippen LogP contribution in [-0.4, -0.2) is 73.4 Å². The number of rotatable bonds is 9. The smallest absolute Gasteiger partial charge is 0.263 e. The Morgan fingerprint density at radius 2 is 2.08 bits per heavy atom. The predicted molar refractivity (Wildman–Crippen MR) is 97.9 cm³/mol. The van der Waals surface area contributed by atoms with Crippen LogP contribution in [0.25, 0.3) is 0 Å². The van der Waals surface area contributed by atoms with Crippen molar-refractivity contribution in [1.29, 1.82) is 5.26 Å². The monoisotopic (exact) mass is 358 g/mol. The molecule has 0 aliphatic carbocycles. The fourth-order valence-electron chi connectivity index (χ4n) is 2.70. The number of carbonyl (C=O) groups is 1. The molecule has 0 saturated carbocycles. The number of nitrogens with zero attached hydrogens (tertiary/aromatic N) is 3. The van der Waals surface area contributed by atoms with E-state index in [1.807, 2.05) is 36.4 Å². The summed E-state index contributed by atoms with van der Waals surface area (Å²) in [7, 11) is 0. The summed E-state index contributed by atoms with van der Waals surface area (Å²) in [4.78, 5) is 16.3. The first-order valence-electron chi connectivity index (χ1n) is 8.82. The maximum Gasteiger partial charge on any atom is 0.263 e. The number of carbonyl (C=O) groups excluding carboxylic acids is 1. The molecule has 1 saturated heterocycles. The second kappa shape index (κ2) is 11.3. The number of hydrogen-bond acceptors (Lipinski definition) is 6. The normalized spacial score (nSPS) is 15.3. The highest BCUT2D eigenvalue weighted by Gasteiger charge is 2.13. The Hall–Kier alpha value is -2.40. The first-order valence-corrected chi connectivity index (χ1v) is 8.82. The summed E-state index contributed by atoms with van der Waals surface area (Å²) in [6.07, 6.45) is 1.52. The average Bonchev–Trinajstić information content (AvgIpc) is 2.67. The van der Waals surface area contributed by atoms with Crippen LogP contribution < -0.4 is 5.32 Å². The molecule has 0 atom stereocenters. The van der Waals surface area contributed by atoms with Gasteiger partial charge in [-0.05, 0) is 5.56 Å². The first-order chi connectivity index (χ1) is 12.7. The molecular weight excluding hydrogens is 332 g/mol. The van der Waals surface area contributed by atoms with Crippen LogP contribution in [0.15, 0.2) is 42.1 Å². The van der Waals surface area contributed by atoms with Gasteiger partial charge in [0.15, 0.2) is 0 Å². The molecular formula is C19H26N4O3. The van der Waals surface area contributed by atoms with Crippen LogP contribution in [0.5, 0.6) is 0 Å². The van der Waals surface area contributed by atoms with E-state index in [4.69, 9.17) is 4.74 Å². The van der Waals surface area contributed by atoms with Crippen molar-refractivity contribution in [1.82, 2.24) is 15.1 Å². The van der Waals surface area contributed by atoms with Crippen molar-refractivity contribution in [2.45, 2.75) is 6.54 Å². The van der Waals surface area contributed by atoms with Crippen LogP contribution in [0.3, 0.4) is 0 Å². The van der Waals surface area contributed by atoms with Crippen LogP contribution in [-0.2, 0) is 16.1 Å². The Labute approximate surface area is 154 Å². The Morgan fingerprint density at radius 1 is 1.35 bits per heavy atom. The Kier molecular flexibility index (Phi) is 8.63. The second-order valence-corrected chi connectivity index (χ2v) is 6.04. The number of hydrogen-bond donors (Lipinski definition) is 2. The molecule has 2 rings (SSSR count). The lowest BCUT2D eigenvalue weighted by atomic mass is 10.2. The third-order valence-corrected chi connectivity index (χ3v) is 4.11. The molecule has 7 heteroatoms. The molecule has 2 N–H and O–H groups in total. The van der Waals surface area contributed by atoms with Crippen LogP contribution in [0, 0.1) is 11.3 Å². The molecule has 7 nitrogen and oxygen atoms in total. The highest BCUT2D eigenvalue weighted by molar-refractivity contribution is 5.97. The molecule has 1 aromatic carbocycles. The summed E-state index contributed by atoms with van der Waals surface area (Å²) in [6, 6.07) is 11.7. The number of nitrogens with one attached hydrogen (secondary N) is 1. The fraction of sp³-hybridized carbons (Fsp3) is 0.474. The molecule has 1 aliphatic heterocycles. The number of amides is 1. The van der Waals surface area contributed by atoms with Gasteiger partial charge in [-0.25, -0.2) is 0 Å². The highest BCUT2D eigenvalue weighted by Crippen LogP contribution is 2.07. The largest absolute Gasteiger partial charge is 0.395 e. The molecule has 0 unspecified atom stereocenters. The summed E-state index contributed by atoms with van der Waals surface area (Å²) in [5.41, 5.74) is 1.08. The first kappa shape index (κ1) is 19.9. The Bertz CT molecular complexity index is 621. The van der Waals surface area contributed by atoms with E-state index in [-0.39, 0.29) is 12.2 Å². The lowest BCUT2D eigenvalue weighted by Gasteiger charge is -2.26. The lowest BCUT2D eigenvalue weighted by molar-refractivity contribution is -0.117. The maximum absolute atomic E-state index is 12.3. The summed E-state index contributed by atoms with van der Waals surface area (Å²) in [5, 5.41) is 21.4. The van der Waals surface area contributed by atoms with Gasteiger partial charge in [0.05, 0.1) is 19.8 Å². The molecule has 1 heterocycles. The average molecular weight is 358 g/mol. The number of morpholine rings is 1. The zero-order valence-electron chi connectivity index (χ0n) is 14.9. The molecule has 1 fully saturated rings. The van der Waals surface area contributed by atoms with Gasteiger partial charge in [0.2, 0.25) is 0 Å². The minimum atomic E-state index is -0.392. The van der Waals surface area contributed by atoms with Gasteiger partial charge >= 0.3 is 0 Å². The van der Waals surface area contributed by atoms with E-state index in [1.54, 1.807) is 4.90 Å². The molecule has 0 bridgehead atoms. The van der Waals surface area contributed by atoms with E-state index in [9.17, 15) is 15.2 Å². The zero-order chi connectivity index (χ0) is 18.6. The second-order valence-electron chi connectivity index (χ2n) is 6.04. The van der Waals surface area contributed by atoms with Gasteiger partial charge in [-0.2, -0.15) is 5.26 Å². The minimum absolute atomic E-state index is 0.0383. The molecule has 0 aromatic heterocycles. The molecule has 1 aromatic rings. The van der Waals surface area contributed by atoms with E-state index in [0.29, 0.717) is 32.8 Å². The van der Waals surface area contributed by atoms with Crippen molar-refractivity contribution in [3.8, 4) is 6.07 Å². The molecule has 0 radical (unpaired) electrons. The Balaban J connectivity index is 1.89. The van der Waals surface area contributed by atoms with Crippen LogP contribution in [0.4, 0.5) is 0 Å². The van der Waals surface area contributed by atoms with Gasteiger partial charge in [0, 0.05) is 45.5 Å². The van der Waals surface area contributed by atoms with Crippen molar-refractivity contribution in [2.24, 2.45) is 0 Å². The minimum Gasteiger partial charge on any atom is -0.395 e. The highest BCUT2D eigenvalue weighted by atomic mass is 16.5. The van der Waals surface area contributed by atoms with Crippen LogP contribution in [0.1, 0.15) is 5.56 Å².